The van der Waals surface area contributed by atoms with Crippen LogP contribution in [0, 0.1) is 0 Å². The third-order valence-corrected chi connectivity index (χ3v) is 7.24. The highest BCUT2D eigenvalue weighted by atomic mass is 14.5. The first kappa shape index (κ1) is 20.5. The van der Waals surface area contributed by atoms with Crippen molar-refractivity contribution in [3.05, 3.63) is 121 Å². The summed E-state index contributed by atoms with van der Waals surface area (Å²) >= 11 is 0. The van der Waals surface area contributed by atoms with E-state index in [9.17, 15) is 0 Å². The first-order valence-corrected chi connectivity index (χ1v) is 12.2. The molecular formula is C34H24N2. The lowest BCUT2D eigenvalue weighted by atomic mass is 9.87. The van der Waals surface area contributed by atoms with Crippen LogP contribution in [0.5, 0.6) is 0 Å². The lowest BCUT2D eigenvalue weighted by molar-refractivity contribution is 1.60. The molecule has 0 atom stereocenters. The molecule has 2 heteroatoms. The Morgan fingerprint density at radius 2 is 0.889 bits per heavy atom. The zero-order valence-electron chi connectivity index (χ0n) is 19.7. The van der Waals surface area contributed by atoms with E-state index in [1.165, 1.54) is 48.7 Å². The van der Waals surface area contributed by atoms with E-state index in [1.807, 2.05) is 18.2 Å². The van der Waals surface area contributed by atoms with Crippen LogP contribution in [0.25, 0.3) is 65.3 Å². The number of anilines is 2. The molecule has 0 aliphatic carbocycles. The van der Waals surface area contributed by atoms with Gasteiger partial charge in [0.15, 0.2) is 0 Å². The van der Waals surface area contributed by atoms with E-state index in [2.05, 4.69) is 103 Å². The van der Waals surface area contributed by atoms with Crippen molar-refractivity contribution in [3.8, 4) is 22.3 Å². The molecule has 0 heterocycles. The second kappa shape index (κ2) is 7.86. The van der Waals surface area contributed by atoms with Gasteiger partial charge in [0.25, 0.3) is 0 Å². The van der Waals surface area contributed by atoms with E-state index in [1.54, 1.807) is 0 Å². The van der Waals surface area contributed by atoms with Crippen molar-refractivity contribution in [2.24, 2.45) is 0 Å². The smallest absolute Gasteiger partial charge is 0.0320 e. The standard InChI is InChI=1S/C34H24N2/c35-27-11-9-21(10-12-27)29-14-13-28(36)20-34(29)33-19-26-15-22-5-1-2-6-23(22)16-30(26)31-17-24-7-3-4-8-25(24)18-32(31)33/h1-20H,35-36H2. The SMILES string of the molecule is Nc1ccc(-c2ccc(N)cc2-c2cc3cc4ccccc4cc3c3cc4ccccc4cc23)cc1. The molecule has 0 aliphatic heterocycles. The van der Waals surface area contributed by atoms with E-state index >= 15 is 0 Å². The third-order valence-electron chi connectivity index (χ3n) is 7.24. The molecule has 0 radical (unpaired) electrons. The summed E-state index contributed by atoms with van der Waals surface area (Å²) in [5, 5.41) is 9.90. The van der Waals surface area contributed by atoms with Gasteiger partial charge in [0.05, 0.1) is 0 Å². The van der Waals surface area contributed by atoms with Gasteiger partial charge in [0, 0.05) is 11.4 Å². The van der Waals surface area contributed by atoms with Gasteiger partial charge in [-0.05, 0) is 120 Å². The molecule has 0 fully saturated rings. The summed E-state index contributed by atoms with van der Waals surface area (Å²) in [6.45, 7) is 0. The zero-order chi connectivity index (χ0) is 24.2. The number of hydrogen-bond acceptors (Lipinski definition) is 2. The Morgan fingerprint density at radius 3 is 1.56 bits per heavy atom. The molecule has 0 saturated carbocycles. The first-order chi connectivity index (χ1) is 17.6. The lowest BCUT2D eigenvalue weighted by Gasteiger charge is -2.17. The van der Waals surface area contributed by atoms with E-state index in [0.717, 1.165) is 28.1 Å². The molecule has 2 nitrogen and oxygen atoms in total. The van der Waals surface area contributed by atoms with E-state index < -0.39 is 0 Å². The Kier molecular flexibility index (Phi) is 4.49. The molecule has 0 aromatic heterocycles. The second-order valence-corrected chi connectivity index (χ2v) is 9.52. The van der Waals surface area contributed by atoms with E-state index in [-0.39, 0.29) is 0 Å². The van der Waals surface area contributed by atoms with Gasteiger partial charge in [-0.2, -0.15) is 0 Å². The molecule has 0 unspecified atom stereocenters. The van der Waals surface area contributed by atoms with Crippen molar-refractivity contribution in [1.82, 2.24) is 0 Å². The maximum atomic E-state index is 6.37. The molecule has 7 aromatic carbocycles. The number of rotatable bonds is 2. The summed E-state index contributed by atoms with van der Waals surface area (Å²) in [5.74, 6) is 0. The van der Waals surface area contributed by atoms with Gasteiger partial charge in [-0.1, -0.05) is 66.7 Å². The Bertz CT molecular complexity index is 1950. The van der Waals surface area contributed by atoms with Crippen LogP contribution in [0.4, 0.5) is 11.4 Å². The lowest BCUT2D eigenvalue weighted by Crippen LogP contribution is -1.93. The van der Waals surface area contributed by atoms with Gasteiger partial charge in [0.2, 0.25) is 0 Å². The Balaban J connectivity index is 1.64. The predicted molar refractivity (Wildman–Crippen MR) is 156 cm³/mol. The molecule has 0 saturated heterocycles. The Labute approximate surface area is 209 Å². The van der Waals surface area contributed by atoms with Crippen molar-refractivity contribution in [2.45, 2.75) is 0 Å². The average molecular weight is 461 g/mol. The van der Waals surface area contributed by atoms with E-state index in [4.69, 9.17) is 11.5 Å². The Hall–Kier alpha value is -4.82. The molecule has 170 valence electrons. The van der Waals surface area contributed by atoms with Crippen molar-refractivity contribution < 1.29 is 0 Å². The van der Waals surface area contributed by atoms with Crippen molar-refractivity contribution in [2.75, 3.05) is 11.5 Å². The molecule has 0 bridgehead atoms. The quantitative estimate of drug-likeness (QED) is 0.154. The average Bonchev–Trinajstić information content (AvgIpc) is 2.91. The van der Waals surface area contributed by atoms with Gasteiger partial charge in [0.1, 0.15) is 0 Å². The predicted octanol–water partition coefficient (Wildman–Crippen LogP) is 8.80. The summed E-state index contributed by atoms with van der Waals surface area (Å²) in [6.07, 6.45) is 0. The fraction of sp³-hybridized carbons (Fsp3) is 0. The number of nitrogen functional groups attached to an aromatic ring is 2. The van der Waals surface area contributed by atoms with Crippen LogP contribution < -0.4 is 11.5 Å². The highest BCUT2D eigenvalue weighted by Crippen LogP contribution is 2.42. The highest BCUT2D eigenvalue weighted by Gasteiger charge is 2.15. The molecule has 7 rings (SSSR count). The maximum absolute atomic E-state index is 6.37. The van der Waals surface area contributed by atoms with Crippen LogP contribution in [-0.2, 0) is 0 Å². The second-order valence-electron chi connectivity index (χ2n) is 9.52. The maximum Gasteiger partial charge on any atom is 0.0320 e. The third kappa shape index (κ3) is 3.27. The summed E-state index contributed by atoms with van der Waals surface area (Å²) < 4.78 is 0. The summed E-state index contributed by atoms with van der Waals surface area (Å²) in [6, 6.07) is 43.0. The van der Waals surface area contributed by atoms with Crippen molar-refractivity contribution in [3.63, 3.8) is 0 Å². The fourth-order valence-electron chi connectivity index (χ4n) is 5.45. The van der Waals surface area contributed by atoms with Gasteiger partial charge in [-0.25, -0.2) is 0 Å². The van der Waals surface area contributed by atoms with Crippen LogP contribution in [0.3, 0.4) is 0 Å². The normalized spacial score (nSPS) is 11.6. The topological polar surface area (TPSA) is 52.0 Å². The van der Waals surface area contributed by atoms with Crippen LogP contribution in [0.1, 0.15) is 0 Å². The van der Waals surface area contributed by atoms with Gasteiger partial charge >= 0.3 is 0 Å². The molecule has 36 heavy (non-hydrogen) atoms. The van der Waals surface area contributed by atoms with E-state index in [0.29, 0.717) is 0 Å². The first-order valence-electron chi connectivity index (χ1n) is 12.2. The van der Waals surface area contributed by atoms with Gasteiger partial charge in [-0.3, -0.25) is 0 Å². The monoisotopic (exact) mass is 460 g/mol. The fourth-order valence-corrected chi connectivity index (χ4v) is 5.45. The molecule has 7 aromatic rings. The van der Waals surface area contributed by atoms with Crippen LogP contribution in [0.2, 0.25) is 0 Å². The number of benzene rings is 7. The molecule has 4 N–H and O–H groups in total. The number of fused-ring (bicyclic) bond motifs is 5. The summed E-state index contributed by atoms with van der Waals surface area (Å²) in [5.41, 5.74) is 18.4. The molecular weight excluding hydrogens is 436 g/mol. The zero-order valence-corrected chi connectivity index (χ0v) is 19.7. The molecule has 0 spiro atoms. The van der Waals surface area contributed by atoms with Crippen LogP contribution in [0.15, 0.2) is 121 Å². The van der Waals surface area contributed by atoms with Crippen LogP contribution >= 0.6 is 0 Å². The molecule has 0 aliphatic rings. The summed E-state index contributed by atoms with van der Waals surface area (Å²) in [4.78, 5) is 0. The van der Waals surface area contributed by atoms with Gasteiger partial charge in [-0.15, -0.1) is 0 Å². The van der Waals surface area contributed by atoms with Crippen LogP contribution in [-0.4, -0.2) is 0 Å². The highest BCUT2D eigenvalue weighted by molar-refractivity contribution is 6.20. The number of hydrogen-bond donors (Lipinski definition) is 2. The van der Waals surface area contributed by atoms with Crippen molar-refractivity contribution in [1.29, 1.82) is 0 Å². The largest absolute Gasteiger partial charge is 0.399 e. The number of nitrogens with two attached hydrogens (primary N) is 2. The minimum Gasteiger partial charge on any atom is -0.399 e. The Morgan fingerprint density at radius 1 is 0.333 bits per heavy atom. The van der Waals surface area contributed by atoms with Crippen molar-refractivity contribution >= 4 is 54.5 Å². The minimum absolute atomic E-state index is 0.747. The molecule has 0 amide bonds. The van der Waals surface area contributed by atoms with Gasteiger partial charge < -0.3 is 11.5 Å². The minimum atomic E-state index is 0.747. The summed E-state index contributed by atoms with van der Waals surface area (Å²) in [7, 11) is 0.